The van der Waals surface area contributed by atoms with Gasteiger partial charge in [-0.25, -0.2) is 17.9 Å². The summed E-state index contributed by atoms with van der Waals surface area (Å²) in [7, 11) is -4.01. The number of rotatable bonds is 2. The van der Waals surface area contributed by atoms with Crippen LogP contribution in [0.25, 0.3) is 0 Å². The van der Waals surface area contributed by atoms with E-state index in [-0.39, 0.29) is 16.5 Å². The molecule has 1 rings (SSSR count). The second kappa shape index (κ2) is 4.66. The number of primary sulfonamides is 1. The molecular weight excluding hydrogens is 259 g/mol. The Morgan fingerprint density at radius 1 is 1.28 bits per heavy atom. The maximum absolute atomic E-state index is 13.2. The lowest BCUT2D eigenvalue weighted by molar-refractivity contribution is -0.123. The van der Waals surface area contributed by atoms with Gasteiger partial charge >= 0.3 is 0 Å². The third kappa shape index (κ3) is 3.78. The average Bonchev–Trinajstić information content (AvgIpc) is 2.13. The van der Waals surface area contributed by atoms with Crippen molar-refractivity contribution in [1.29, 1.82) is 0 Å². The number of hydrogen-bond acceptors (Lipinski definition) is 3. The van der Waals surface area contributed by atoms with Gasteiger partial charge in [-0.2, -0.15) is 0 Å². The lowest BCUT2D eigenvalue weighted by Crippen LogP contribution is -2.27. The van der Waals surface area contributed by atoms with E-state index < -0.39 is 21.3 Å². The molecule has 0 bridgehead atoms. The van der Waals surface area contributed by atoms with Crippen LogP contribution in [0, 0.1) is 11.2 Å². The summed E-state index contributed by atoms with van der Waals surface area (Å²) in [4.78, 5) is 11.3. The first-order valence-electron chi connectivity index (χ1n) is 5.15. The summed E-state index contributed by atoms with van der Waals surface area (Å²) < 4.78 is 35.5. The number of nitrogens with one attached hydrogen (secondary N) is 1. The number of carbonyl (C=O) groups is 1. The minimum absolute atomic E-state index is 0.0546. The van der Waals surface area contributed by atoms with E-state index in [1.165, 1.54) is 0 Å². The lowest BCUT2D eigenvalue weighted by Gasteiger charge is -2.18. The van der Waals surface area contributed by atoms with Crippen LogP contribution in [0.5, 0.6) is 0 Å². The maximum Gasteiger partial charge on any atom is 0.238 e. The van der Waals surface area contributed by atoms with E-state index in [0.29, 0.717) is 0 Å². The van der Waals surface area contributed by atoms with Crippen LogP contribution in [0.1, 0.15) is 20.8 Å². The summed E-state index contributed by atoms with van der Waals surface area (Å²) in [6.07, 6.45) is 0. The van der Waals surface area contributed by atoms with Crippen LogP contribution in [0.2, 0.25) is 0 Å². The molecule has 0 saturated heterocycles. The fraction of sp³-hybridized carbons (Fsp3) is 0.364. The molecule has 0 saturated carbocycles. The second-order valence-electron chi connectivity index (χ2n) is 4.92. The first-order chi connectivity index (χ1) is 8.00. The molecule has 0 aliphatic heterocycles. The van der Waals surface area contributed by atoms with E-state index in [4.69, 9.17) is 5.14 Å². The second-order valence-corrected chi connectivity index (χ2v) is 6.49. The quantitative estimate of drug-likeness (QED) is 0.855. The number of hydrogen-bond donors (Lipinski definition) is 2. The Labute approximate surface area is 105 Å². The number of anilines is 1. The van der Waals surface area contributed by atoms with Crippen molar-refractivity contribution in [3.63, 3.8) is 0 Å². The SMILES string of the molecule is CC(C)(C)C(=O)Nc1cc(F)cc(S(N)(=O)=O)c1. The van der Waals surface area contributed by atoms with Crippen molar-refractivity contribution < 1.29 is 17.6 Å². The Morgan fingerprint density at radius 2 is 1.83 bits per heavy atom. The van der Waals surface area contributed by atoms with E-state index in [9.17, 15) is 17.6 Å². The molecule has 0 fully saturated rings. The van der Waals surface area contributed by atoms with Crippen LogP contribution in [0.4, 0.5) is 10.1 Å². The zero-order valence-corrected chi connectivity index (χ0v) is 11.1. The van der Waals surface area contributed by atoms with Crippen LogP contribution >= 0.6 is 0 Å². The lowest BCUT2D eigenvalue weighted by atomic mass is 9.95. The highest BCUT2D eigenvalue weighted by Crippen LogP contribution is 2.21. The predicted molar refractivity (Wildman–Crippen MR) is 65.9 cm³/mol. The van der Waals surface area contributed by atoms with Gasteiger partial charge in [0, 0.05) is 11.1 Å². The van der Waals surface area contributed by atoms with Crippen molar-refractivity contribution in [2.45, 2.75) is 25.7 Å². The Morgan fingerprint density at radius 3 is 2.28 bits per heavy atom. The molecule has 7 heteroatoms. The number of benzene rings is 1. The van der Waals surface area contributed by atoms with Crippen LogP contribution in [0.15, 0.2) is 23.1 Å². The topological polar surface area (TPSA) is 89.3 Å². The van der Waals surface area contributed by atoms with Gasteiger partial charge in [0.1, 0.15) is 5.82 Å². The number of carbonyl (C=O) groups excluding carboxylic acids is 1. The van der Waals surface area contributed by atoms with Gasteiger partial charge in [-0.1, -0.05) is 20.8 Å². The molecule has 1 aromatic carbocycles. The van der Waals surface area contributed by atoms with E-state index in [0.717, 1.165) is 18.2 Å². The highest BCUT2D eigenvalue weighted by atomic mass is 32.2. The Bertz CT molecular complexity index is 576. The first-order valence-corrected chi connectivity index (χ1v) is 6.69. The molecule has 0 heterocycles. The molecule has 0 radical (unpaired) electrons. The van der Waals surface area contributed by atoms with Crippen molar-refractivity contribution in [1.82, 2.24) is 0 Å². The molecule has 0 atom stereocenters. The van der Waals surface area contributed by atoms with E-state index >= 15 is 0 Å². The molecule has 1 aromatic rings. The van der Waals surface area contributed by atoms with Crippen molar-refractivity contribution in [2.24, 2.45) is 10.6 Å². The first kappa shape index (κ1) is 14.6. The van der Waals surface area contributed by atoms with Gasteiger partial charge in [0.25, 0.3) is 0 Å². The van der Waals surface area contributed by atoms with Crippen molar-refractivity contribution >= 4 is 21.6 Å². The largest absolute Gasteiger partial charge is 0.325 e. The van der Waals surface area contributed by atoms with Gasteiger partial charge in [-0.3, -0.25) is 4.79 Å². The van der Waals surface area contributed by atoms with E-state index in [1.807, 2.05) is 0 Å². The third-order valence-corrected chi connectivity index (χ3v) is 3.03. The zero-order chi connectivity index (χ0) is 14.1. The maximum atomic E-state index is 13.2. The molecule has 0 spiro atoms. The summed E-state index contributed by atoms with van der Waals surface area (Å²) in [5, 5.41) is 7.34. The molecule has 3 N–H and O–H groups in total. The number of halogens is 1. The molecule has 5 nitrogen and oxygen atoms in total. The third-order valence-electron chi connectivity index (χ3n) is 2.14. The highest BCUT2D eigenvalue weighted by molar-refractivity contribution is 7.89. The number of sulfonamides is 1. The van der Waals surface area contributed by atoms with Crippen LogP contribution < -0.4 is 10.5 Å². The van der Waals surface area contributed by atoms with Gasteiger partial charge in [0.05, 0.1) is 4.90 Å². The van der Waals surface area contributed by atoms with Crippen LogP contribution in [-0.4, -0.2) is 14.3 Å². The minimum Gasteiger partial charge on any atom is -0.325 e. The van der Waals surface area contributed by atoms with Gasteiger partial charge in [-0.05, 0) is 18.2 Å². The Kier molecular flexibility index (Phi) is 3.78. The van der Waals surface area contributed by atoms with E-state index in [2.05, 4.69) is 5.32 Å². The number of amides is 1. The normalized spacial score (nSPS) is 12.3. The smallest absolute Gasteiger partial charge is 0.238 e. The monoisotopic (exact) mass is 274 g/mol. The van der Waals surface area contributed by atoms with Crippen molar-refractivity contribution in [3.8, 4) is 0 Å². The van der Waals surface area contributed by atoms with Gasteiger partial charge in [0.2, 0.25) is 15.9 Å². The molecule has 0 unspecified atom stereocenters. The molecule has 0 aliphatic rings. The summed E-state index contributed by atoms with van der Waals surface area (Å²) in [6.45, 7) is 5.05. The van der Waals surface area contributed by atoms with Crippen LogP contribution in [-0.2, 0) is 14.8 Å². The zero-order valence-electron chi connectivity index (χ0n) is 10.3. The van der Waals surface area contributed by atoms with Crippen molar-refractivity contribution in [2.75, 3.05) is 5.32 Å². The molecule has 1 amide bonds. The van der Waals surface area contributed by atoms with Gasteiger partial charge in [-0.15, -0.1) is 0 Å². The summed E-state index contributed by atoms with van der Waals surface area (Å²) >= 11 is 0. The molecule has 100 valence electrons. The molecule has 0 aromatic heterocycles. The summed E-state index contributed by atoms with van der Waals surface area (Å²) in [5.74, 6) is -1.14. The molecule has 18 heavy (non-hydrogen) atoms. The van der Waals surface area contributed by atoms with Gasteiger partial charge < -0.3 is 5.32 Å². The summed E-state index contributed by atoms with van der Waals surface area (Å²) in [6, 6.07) is 2.93. The predicted octanol–water partition coefficient (Wildman–Crippen LogP) is 1.46. The van der Waals surface area contributed by atoms with Crippen molar-refractivity contribution in [3.05, 3.63) is 24.0 Å². The minimum atomic E-state index is -4.01. The number of nitrogens with two attached hydrogens (primary N) is 1. The average molecular weight is 274 g/mol. The molecular formula is C11H15FN2O3S. The Balaban J connectivity index is 3.13. The fourth-order valence-corrected chi connectivity index (χ4v) is 1.69. The van der Waals surface area contributed by atoms with Gasteiger partial charge in [0.15, 0.2) is 0 Å². The Hall–Kier alpha value is -1.47. The molecule has 0 aliphatic carbocycles. The fourth-order valence-electron chi connectivity index (χ4n) is 1.12. The van der Waals surface area contributed by atoms with E-state index in [1.54, 1.807) is 20.8 Å². The van der Waals surface area contributed by atoms with Crippen LogP contribution in [0.3, 0.4) is 0 Å². The standard InChI is InChI=1S/C11H15FN2O3S/c1-11(2,3)10(15)14-8-4-7(12)5-9(6-8)18(13,16)17/h4-6H,1-3H3,(H,14,15)(H2,13,16,17). The highest BCUT2D eigenvalue weighted by Gasteiger charge is 2.22. The summed E-state index contributed by atoms with van der Waals surface area (Å²) in [5.41, 5.74) is -0.618.